The van der Waals surface area contributed by atoms with E-state index in [0.29, 0.717) is 6.67 Å². The number of halogens is 7. The second-order valence-electron chi connectivity index (χ2n) is 8.62. The Morgan fingerprint density at radius 3 is 1.49 bits per heavy atom. The lowest BCUT2D eigenvalue weighted by molar-refractivity contribution is 0.0678. The molecule has 6 rings (SSSR count). The molecule has 5 aromatic rings. The van der Waals surface area contributed by atoms with Crippen LogP contribution in [0.4, 0.5) is 26.3 Å². The maximum Gasteiger partial charge on any atom is 0.341 e. The Hall–Kier alpha value is -6.00. The average Bonchev–Trinajstić information content (AvgIpc) is 3.87. The van der Waals surface area contributed by atoms with Crippen molar-refractivity contribution in [1.29, 1.82) is 0 Å². The summed E-state index contributed by atoms with van der Waals surface area (Å²) in [7, 11) is 0. The van der Waals surface area contributed by atoms with Crippen LogP contribution in [0.1, 0.15) is 31.1 Å². The molecule has 3 heterocycles. The topological polar surface area (TPSA) is 198 Å². The highest BCUT2D eigenvalue weighted by molar-refractivity contribution is 14.1. The van der Waals surface area contributed by atoms with Crippen molar-refractivity contribution in [1.82, 2.24) is 30.0 Å². The summed E-state index contributed by atoms with van der Waals surface area (Å²) < 4.78 is 78.8. The van der Waals surface area contributed by atoms with Crippen LogP contribution in [-0.2, 0) is 0 Å². The Morgan fingerprint density at radius 1 is 0.633 bits per heavy atom. The minimum Gasteiger partial charge on any atom is -0.478 e. The molecule has 14 nitrogen and oxygen atoms in total. The van der Waals surface area contributed by atoms with Gasteiger partial charge in [-0.05, 0) is 59.0 Å². The van der Waals surface area contributed by atoms with Crippen LogP contribution in [0.2, 0.25) is 0 Å². The summed E-state index contributed by atoms with van der Waals surface area (Å²) in [5.74, 6) is -12.4. The van der Waals surface area contributed by atoms with Gasteiger partial charge in [0.2, 0.25) is 0 Å². The number of aromatic nitrogens is 6. The molecule has 1 aliphatic rings. The Kier molecular flexibility index (Phi) is 13.2. The summed E-state index contributed by atoms with van der Waals surface area (Å²) in [6, 6.07) is 5.98. The molecule has 1 aliphatic heterocycles. The van der Waals surface area contributed by atoms with E-state index in [1.165, 1.54) is 30.9 Å². The van der Waals surface area contributed by atoms with Crippen LogP contribution in [0.15, 0.2) is 71.2 Å². The zero-order valence-corrected chi connectivity index (χ0v) is 26.1. The summed E-state index contributed by atoms with van der Waals surface area (Å²) in [6.07, 6.45) is 8.62. The van der Waals surface area contributed by atoms with Crippen LogP contribution in [-0.4, -0.2) is 82.3 Å². The Labute approximate surface area is 282 Å². The van der Waals surface area contributed by atoms with E-state index in [-0.39, 0.29) is 14.9 Å². The van der Waals surface area contributed by atoms with E-state index in [9.17, 15) is 40.7 Å². The SMILES string of the molecule is C1=NCN=C1.O=C(O)c1c(-n2ccnn2)ccc(F)c1F.O=C(O)c1c(-n2nccn2)ccc(F)c1F.O=C(O)c1c(I)ccc(F)c1F. The largest absolute Gasteiger partial charge is 0.478 e. The smallest absolute Gasteiger partial charge is 0.341 e. The van der Waals surface area contributed by atoms with Crippen molar-refractivity contribution >= 4 is 52.9 Å². The zero-order chi connectivity index (χ0) is 36.2. The predicted octanol–water partition coefficient (Wildman–Crippen LogP) is 4.85. The van der Waals surface area contributed by atoms with Gasteiger partial charge in [-0.25, -0.2) is 45.4 Å². The van der Waals surface area contributed by atoms with Crippen molar-refractivity contribution in [3.63, 3.8) is 0 Å². The van der Waals surface area contributed by atoms with E-state index < -0.39 is 69.5 Å². The molecule has 0 unspecified atom stereocenters. The van der Waals surface area contributed by atoms with Crippen LogP contribution in [0, 0.1) is 38.5 Å². The van der Waals surface area contributed by atoms with E-state index in [1.807, 2.05) is 0 Å². The number of carboxylic acid groups (broad SMARTS) is 3. The summed E-state index contributed by atoms with van der Waals surface area (Å²) in [5.41, 5.74) is -2.39. The molecule has 254 valence electrons. The minimum atomic E-state index is -1.58. The van der Waals surface area contributed by atoms with Crippen LogP contribution < -0.4 is 0 Å². The number of benzene rings is 3. The number of rotatable bonds is 5. The van der Waals surface area contributed by atoms with Gasteiger partial charge < -0.3 is 15.3 Å². The quantitative estimate of drug-likeness (QED) is 0.125. The van der Waals surface area contributed by atoms with E-state index in [1.54, 1.807) is 35.0 Å². The molecule has 2 aromatic heterocycles. The van der Waals surface area contributed by atoms with Gasteiger partial charge >= 0.3 is 17.9 Å². The highest BCUT2D eigenvalue weighted by Gasteiger charge is 2.22. The minimum absolute atomic E-state index is 0.0797. The zero-order valence-electron chi connectivity index (χ0n) is 23.9. The summed E-state index contributed by atoms with van der Waals surface area (Å²) in [6.45, 7) is 0.639. The number of hydrogen-bond donors (Lipinski definition) is 3. The third-order valence-corrected chi connectivity index (χ3v) is 6.47. The third kappa shape index (κ3) is 9.52. The monoisotopic (exact) mass is 802 g/mol. The van der Waals surface area contributed by atoms with Crippen LogP contribution >= 0.6 is 22.6 Å². The molecule has 0 aliphatic carbocycles. The number of carbonyl (C=O) groups is 3. The number of hydrogen-bond acceptors (Lipinski definition) is 9. The number of aromatic carboxylic acids is 3. The number of aliphatic imine (C=N–C) groups is 2. The lowest BCUT2D eigenvalue weighted by Gasteiger charge is -2.06. The Morgan fingerprint density at radius 2 is 1.08 bits per heavy atom. The first-order chi connectivity index (χ1) is 23.3. The van der Waals surface area contributed by atoms with Gasteiger partial charge in [0.05, 0.1) is 30.5 Å². The van der Waals surface area contributed by atoms with Gasteiger partial charge in [-0.1, -0.05) is 5.21 Å². The van der Waals surface area contributed by atoms with Gasteiger partial charge in [-0.15, -0.1) is 5.10 Å². The molecule has 0 saturated heterocycles. The van der Waals surface area contributed by atoms with Crippen LogP contribution in [0.3, 0.4) is 0 Å². The van der Waals surface area contributed by atoms with E-state index in [2.05, 4.69) is 30.5 Å². The Bertz CT molecular complexity index is 1920. The number of nitrogens with zero attached hydrogens (tertiary/aromatic N) is 8. The standard InChI is InChI=1S/2C9H5F2N3O2.C7H3F2IO2.C3H4N2/c10-5-1-2-6(14-4-3-12-13-14)7(8(5)11)9(15)16;10-5-1-2-6(14-12-3-4-13-14)7(8(5)11)9(15)16;8-3-1-2-4(10)5(6(3)9)7(11)12;1-2-5-3-4-1/h2*1-4H,(H,15,16);1-2H,(H,11,12);1-2H,3H2. The van der Waals surface area contributed by atoms with Crippen molar-refractivity contribution in [3.05, 3.63) is 116 Å². The van der Waals surface area contributed by atoms with Crippen molar-refractivity contribution < 1.29 is 56.0 Å². The van der Waals surface area contributed by atoms with Crippen molar-refractivity contribution in [2.45, 2.75) is 0 Å². The predicted molar refractivity (Wildman–Crippen MR) is 164 cm³/mol. The first-order valence-corrected chi connectivity index (χ1v) is 13.8. The molecule has 0 bridgehead atoms. The third-order valence-electron chi connectivity index (χ3n) is 5.58. The maximum atomic E-state index is 13.3. The van der Waals surface area contributed by atoms with Crippen molar-refractivity contribution in [2.24, 2.45) is 9.98 Å². The average molecular weight is 802 g/mol. The van der Waals surface area contributed by atoms with Crippen molar-refractivity contribution in [3.8, 4) is 11.4 Å². The summed E-state index contributed by atoms with van der Waals surface area (Å²) >= 11 is 1.63. The normalized spacial score (nSPS) is 11.0. The van der Waals surface area contributed by atoms with Crippen LogP contribution in [0.25, 0.3) is 11.4 Å². The molecule has 0 fully saturated rings. The Balaban J connectivity index is 0.000000187. The molecule has 3 aromatic carbocycles. The highest BCUT2D eigenvalue weighted by atomic mass is 127. The van der Waals surface area contributed by atoms with Gasteiger partial charge in [-0.2, -0.15) is 15.0 Å². The van der Waals surface area contributed by atoms with E-state index in [0.717, 1.165) is 39.8 Å². The fraction of sp³-hybridized carbons (Fsp3) is 0.0357. The summed E-state index contributed by atoms with van der Waals surface area (Å²) in [5, 5.41) is 40.3. The van der Waals surface area contributed by atoms with Gasteiger partial charge in [0.15, 0.2) is 34.9 Å². The molecule has 0 atom stereocenters. The molecule has 0 saturated carbocycles. The fourth-order valence-electron chi connectivity index (χ4n) is 3.48. The molecule has 49 heavy (non-hydrogen) atoms. The number of carboxylic acids is 3. The lowest BCUT2D eigenvalue weighted by Crippen LogP contribution is -2.11. The van der Waals surface area contributed by atoms with E-state index in [4.69, 9.17) is 15.3 Å². The van der Waals surface area contributed by atoms with Crippen molar-refractivity contribution in [2.75, 3.05) is 6.67 Å². The summed E-state index contributed by atoms with van der Waals surface area (Å²) in [4.78, 5) is 40.4. The lowest BCUT2D eigenvalue weighted by atomic mass is 10.1. The van der Waals surface area contributed by atoms with Crippen LogP contribution in [0.5, 0.6) is 0 Å². The molecule has 3 N–H and O–H groups in total. The maximum absolute atomic E-state index is 13.3. The van der Waals surface area contributed by atoms with Gasteiger partial charge in [-0.3, -0.25) is 9.98 Å². The van der Waals surface area contributed by atoms with Gasteiger partial charge in [0.1, 0.15) is 29.0 Å². The second kappa shape index (κ2) is 17.2. The van der Waals surface area contributed by atoms with Gasteiger partial charge in [0.25, 0.3) is 0 Å². The molecule has 0 spiro atoms. The second-order valence-corrected chi connectivity index (χ2v) is 9.78. The molecular formula is C28H17F6IN8O6. The molecule has 0 radical (unpaired) electrons. The van der Waals surface area contributed by atoms with Gasteiger partial charge in [0, 0.05) is 16.0 Å². The van der Waals surface area contributed by atoms with E-state index >= 15 is 0 Å². The molecule has 21 heteroatoms. The first kappa shape index (κ1) is 37.5. The highest BCUT2D eigenvalue weighted by Crippen LogP contribution is 2.21. The molecule has 0 amide bonds. The first-order valence-electron chi connectivity index (χ1n) is 12.8. The fourth-order valence-corrected chi connectivity index (χ4v) is 4.13. The molecular weight excluding hydrogens is 785 g/mol.